The summed E-state index contributed by atoms with van der Waals surface area (Å²) in [5.74, 6) is 0.708. The van der Waals surface area contributed by atoms with Gasteiger partial charge in [-0.1, -0.05) is 6.07 Å². The molecule has 4 heteroatoms. The second-order valence-corrected chi connectivity index (χ2v) is 3.89. The molecule has 0 saturated heterocycles. The molecule has 0 heterocycles. The van der Waals surface area contributed by atoms with Crippen LogP contribution in [0.1, 0.15) is 32.3 Å². The van der Waals surface area contributed by atoms with Crippen molar-refractivity contribution in [2.45, 2.75) is 33.1 Å². The molecule has 1 N–H and O–H groups in total. The highest BCUT2D eigenvalue weighted by Crippen LogP contribution is 2.29. The van der Waals surface area contributed by atoms with E-state index in [-0.39, 0.29) is 6.42 Å². The molecule has 0 aliphatic rings. The lowest BCUT2D eigenvalue weighted by atomic mass is 10.1. The Morgan fingerprint density at radius 3 is 2.44 bits per heavy atom. The summed E-state index contributed by atoms with van der Waals surface area (Å²) < 4.78 is 11.0. The van der Waals surface area contributed by atoms with Gasteiger partial charge in [0.15, 0.2) is 11.5 Å². The Morgan fingerprint density at radius 1 is 1.17 bits per heavy atom. The topological polar surface area (TPSA) is 55.8 Å². The van der Waals surface area contributed by atoms with Crippen molar-refractivity contribution in [1.82, 2.24) is 0 Å². The third kappa shape index (κ3) is 4.65. The monoisotopic (exact) mass is 252 g/mol. The Morgan fingerprint density at radius 2 is 1.83 bits per heavy atom. The molecule has 1 aromatic rings. The van der Waals surface area contributed by atoms with Crippen molar-refractivity contribution >= 4 is 5.97 Å². The largest absolute Gasteiger partial charge is 0.490 e. The summed E-state index contributed by atoms with van der Waals surface area (Å²) in [5, 5.41) is 8.60. The van der Waals surface area contributed by atoms with Crippen molar-refractivity contribution in [3.8, 4) is 11.5 Å². The average molecular weight is 252 g/mol. The van der Waals surface area contributed by atoms with Gasteiger partial charge in [0.2, 0.25) is 0 Å². The summed E-state index contributed by atoms with van der Waals surface area (Å²) in [6, 6.07) is 5.76. The zero-order chi connectivity index (χ0) is 13.4. The first-order chi connectivity index (χ1) is 8.67. The molecule has 0 aromatic heterocycles. The van der Waals surface area contributed by atoms with Gasteiger partial charge in [0.1, 0.15) is 0 Å². The zero-order valence-corrected chi connectivity index (χ0v) is 10.9. The number of ether oxygens (including phenoxy) is 2. The molecule has 1 aromatic carbocycles. The lowest BCUT2D eigenvalue weighted by Gasteiger charge is -2.12. The van der Waals surface area contributed by atoms with Gasteiger partial charge in [0.25, 0.3) is 0 Å². The lowest BCUT2D eigenvalue weighted by Crippen LogP contribution is -2.00. The van der Waals surface area contributed by atoms with E-state index in [0.717, 1.165) is 23.5 Å². The van der Waals surface area contributed by atoms with Crippen LogP contribution >= 0.6 is 0 Å². The number of aliphatic carboxylic acids is 1. The number of benzene rings is 1. The van der Waals surface area contributed by atoms with Gasteiger partial charge in [0.05, 0.1) is 13.2 Å². The van der Waals surface area contributed by atoms with Crippen molar-refractivity contribution in [2.75, 3.05) is 13.2 Å². The van der Waals surface area contributed by atoms with E-state index >= 15 is 0 Å². The summed E-state index contributed by atoms with van der Waals surface area (Å²) in [7, 11) is 0. The van der Waals surface area contributed by atoms with Crippen LogP contribution in [0.2, 0.25) is 0 Å². The standard InChI is InChI=1S/C14H20O4/c1-3-17-12-9-8-11(6-5-7-14(15)16)10-13(12)18-4-2/h8-10H,3-7H2,1-2H3,(H,15,16). The quantitative estimate of drug-likeness (QED) is 0.773. The zero-order valence-electron chi connectivity index (χ0n) is 10.9. The number of hydrogen-bond donors (Lipinski definition) is 1. The first kappa shape index (κ1) is 14.4. The highest BCUT2D eigenvalue weighted by molar-refractivity contribution is 5.66. The van der Waals surface area contributed by atoms with E-state index in [4.69, 9.17) is 14.6 Å². The van der Waals surface area contributed by atoms with Crippen molar-refractivity contribution < 1.29 is 19.4 Å². The van der Waals surface area contributed by atoms with Gasteiger partial charge >= 0.3 is 5.97 Å². The van der Waals surface area contributed by atoms with Gasteiger partial charge < -0.3 is 14.6 Å². The Kier molecular flexibility index (Phi) is 6.05. The fraction of sp³-hybridized carbons (Fsp3) is 0.500. The predicted molar refractivity (Wildman–Crippen MR) is 69.4 cm³/mol. The van der Waals surface area contributed by atoms with Crippen LogP contribution in [-0.2, 0) is 11.2 Å². The molecule has 4 nitrogen and oxygen atoms in total. The molecule has 0 radical (unpaired) electrons. The molecule has 0 unspecified atom stereocenters. The first-order valence-corrected chi connectivity index (χ1v) is 6.27. The van der Waals surface area contributed by atoms with Crippen LogP contribution < -0.4 is 9.47 Å². The number of carbonyl (C=O) groups is 1. The number of carboxylic acids is 1. The molecule has 1 rings (SSSR count). The molecule has 18 heavy (non-hydrogen) atoms. The Balaban J connectivity index is 2.69. The van der Waals surface area contributed by atoms with E-state index in [9.17, 15) is 4.79 Å². The fourth-order valence-corrected chi connectivity index (χ4v) is 1.69. The third-order valence-corrected chi connectivity index (χ3v) is 2.46. The maximum Gasteiger partial charge on any atom is 0.303 e. The number of aryl methyl sites for hydroxylation is 1. The number of carboxylic acid groups (broad SMARTS) is 1. The van der Waals surface area contributed by atoms with Gasteiger partial charge in [-0.2, -0.15) is 0 Å². The smallest absolute Gasteiger partial charge is 0.303 e. The molecular formula is C14H20O4. The normalized spacial score (nSPS) is 10.1. The Bertz CT molecular complexity index is 387. The SMILES string of the molecule is CCOc1ccc(CCCC(=O)O)cc1OCC. The molecule has 0 bridgehead atoms. The van der Waals surface area contributed by atoms with Gasteiger partial charge in [0, 0.05) is 6.42 Å². The molecule has 0 aliphatic carbocycles. The maximum absolute atomic E-state index is 10.5. The minimum absolute atomic E-state index is 0.192. The molecule has 0 fully saturated rings. The molecule has 100 valence electrons. The van der Waals surface area contributed by atoms with E-state index in [2.05, 4.69) is 0 Å². The third-order valence-electron chi connectivity index (χ3n) is 2.46. The van der Waals surface area contributed by atoms with Crippen LogP contribution in [-0.4, -0.2) is 24.3 Å². The minimum Gasteiger partial charge on any atom is -0.490 e. The van der Waals surface area contributed by atoms with Crippen LogP contribution in [0.5, 0.6) is 11.5 Å². The molecule has 0 aliphatic heterocycles. The van der Waals surface area contributed by atoms with E-state index in [1.165, 1.54) is 0 Å². The van der Waals surface area contributed by atoms with Crippen LogP contribution in [0.25, 0.3) is 0 Å². The van der Waals surface area contributed by atoms with Gasteiger partial charge in [-0.25, -0.2) is 0 Å². The van der Waals surface area contributed by atoms with E-state index in [1.807, 2.05) is 32.0 Å². The van der Waals surface area contributed by atoms with Crippen LogP contribution in [0.15, 0.2) is 18.2 Å². The van der Waals surface area contributed by atoms with Crippen molar-refractivity contribution in [2.24, 2.45) is 0 Å². The second kappa shape index (κ2) is 7.58. The first-order valence-electron chi connectivity index (χ1n) is 6.27. The lowest BCUT2D eigenvalue weighted by molar-refractivity contribution is -0.137. The van der Waals surface area contributed by atoms with Crippen molar-refractivity contribution in [1.29, 1.82) is 0 Å². The van der Waals surface area contributed by atoms with E-state index < -0.39 is 5.97 Å². The van der Waals surface area contributed by atoms with Gasteiger partial charge in [-0.15, -0.1) is 0 Å². The summed E-state index contributed by atoms with van der Waals surface area (Å²) >= 11 is 0. The van der Waals surface area contributed by atoms with Crippen LogP contribution in [0.3, 0.4) is 0 Å². The second-order valence-electron chi connectivity index (χ2n) is 3.89. The molecule has 0 amide bonds. The number of hydrogen-bond acceptors (Lipinski definition) is 3. The predicted octanol–water partition coefficient (Wildman–Crippen LogP) is 2.89. The summed E-state index contributed by atoms with van der Waals surface area (Å²) in [4.78, 5) is 10.5. The Hall–Kier alpha value is -1.71. The van der Waals surface area contributed by atoms with Crippen LogP contribution in [0.4, 0.5) is 0 Å². The van der Waals surface area contributed by atoms with Gasteiger partial charge in [-0.3, -0.25) is 4.79 Å². The molecule has 0 spiro atoms. The average Bonchev–Trinajstić information content (AvgIpc) is 2.32. The maximum atomic E-state index is 10.5. The summed E-state index contributed by atoms with van der Waals surface area (Å²) in [6.07, 6.45) is 1.56. The van der Waals surface area contributed by atoms with Crippen LogP contribution in [0, 0.1) is 0 Å². The van der Waals surface area contributed by atoms with E-state index in [1.54, 1.807) is 0 Å². The van der Waals surface area contributed by atoms with Crippen molar-refractivity contribution in [3.63, 3.8) is 0 Å². The fourth-order valence-electron chi connectivity index (χ4n) is 1.69. The molecular weight excluding hydrogens is 232 g/mol. The highest BCUT2D eigenvalue weighted by Gasteiger charge is 2.06. The van der Waals surface area contributed by atoms with E-state index in [0.29, 0.717) is 19.6 Å². The van der Waals surface area contributed by atoms with Gasteiger partial charge in [-0.05, 0) is 44.4 Å². The number of rotatable bonds is 8. The molecule has 0 saturated carbocycles. The molecule has 0 atom stereocenters. The Labute approximate surface area is 108 Å². The minimum atomic E-state index is -0.758. The van der Waals surface area contributed by atoms with Crippen molar-refractivity contribution in [3.05, 3.63) is 23.8 Å². The summed E-state index contributed by atoms with van der Waals surface area (Å²) in [5.41, 5.74) is 1.07. The summed E-state index contributed by atoms with van der Waals surface area (Å²) in [6.45, 7) is 5.03. The highest BCUT2D eigenvalue weighted by atomic mass is 16.5.